The topological polar surface area (TPSA) is 69.9 Å². The van der Waals surface area contributed by atoms with Crippen molar-refractivity contribution in [3.63, 3.8) is 0 Å². The number of rotatable bonds is 5. The molecule has 6 nitrogen and oxygen atoms in total. The average molecular weight is 334 g/mol. The number of oxazole rings is 1. The molecule has 126 valence electrons. The van der Waals surface area contributed by atoms with Crippen molar-refractivity contribution in [2.24, 2.45) is 0 Å². The highest BCUT2D eigenvalue weighted by Crippen LogP contribution is 2.24. The molecule has 0 amide bonds. The number of benzene rings is 1. The Morgan fingerprint density at radius 3 is 2.76 bits per heavy atom. The molecule has 0 aliphatic heterocycles. The van der Waals surface area contributed by atoms with Crippen LogP contribution in [-0.4, -0.2) is 19.7 Å². The zero-order chi connectivity index (χ0) is 17.2. The molecule has 0 radical (unpaired) electrons. The third kappa shape index (κ3) is 3.10. The molecule has 0 spiro atoms. The molecule has 0 atom stereocenters. The van der Waals surface area contributed by atoms with E-state index in [1.165, 1.54) is 0 Å². The molecule has 0 aliphatic carbocycles. The van der Waals surface area contributed by atoms with Gasteiger partial charge in [0.25, 0.3) is 0 Å². The second kappa shape index (κ2) is 6.39. The standard InChI is InChI=1S/C19H18N4O2/c1-13(2)16-10-15(25-22-16)11-23-9-8-20-18(23)17-12-24-19(21-17)14-6-4-3-5-7-14/h3-10,12-13H,11H2,1-2H3. The van der Waals surface area contributed by atoms with Crippen molar-refractivity contribution in [2.75, 3.05) is 0 Å². The van der Waals surface area contributed by atoms with Crippen molar-refractivity contribution < 1.29 is 8.94 Å². The van der Waals surface area contributed by atoms with Gasteiger partial charge in [-0.25, -0.2) is 9.97 Å². The van der Waals surface area contributed by atoms with Crippen molar-refractivity contribution in [3.05, 3.63) is 66.5 Å². The summed E-state index contributed by atoms with van der Waals surface area (Å²) in [5.74, 6) is 2.43. The highest BCUT2D eigenvalue weighted by Gasteiger charge is 2.15. The minimum absolute atomic E-state index is 0.337. The largest absolute Gasteiger partial charge is 0.444 e. The molecule has 0 bridgehead atoms. The van der Waals surface area contributed by atoms with E-state index in [1.54, 1.807) is 12.5 Å². The number of hydrogen-bond acceptors (Lipinski definition) is 5. The van der Waals surface area contributed by atoms with Crippen molar-refractivity contribution >= 4 is 0 Å². The summed E-state index contributed by atoms with van der Waals surface area (Å²) in [5, 5.41) is 4.10. The molecule has 3 heterocycles. The van der Waals surface area contributed by atoms with Crippen LogP contribution < -0.4 is 0 Å². The predicted octanol–water partition coefficient (Wildman–Crippen LogP) is 4.36. The fourth-order valence-corrected chi connectivity index (χ4v) is 2.60. The van der Waals surface area contributed by atoms with Gasteiger partial charge >= 0.3 is 0 Å². The Morgan fingerprint density at radius 2 is 2.00 bits per heavy atom. The van der Waals surface area contributed by atoms with Crippen molar-refractivity contribution in [1.82, 2.24) is 19.7 Å². The molecule has 0 saturated carbocycles. The third-order valence-electron chi connectivity index (χ3n) is 3.96. The molecule has 1 aromatic carbocycles. The van der Waals surface area contributed by atoms with E-state index in [-0.39, 0.29) is 0 Å². The van der Waals surface area contributed by atoms with E-state index >= 15 is 0 Å². The fraction of sp³-hybridized carbons (Fsp3) is 0.211. The Bertz CT molecular complexity index is 966. The Balaban J connectivity index is 1.60. The van der Waals surface area contributed by atoms with Gasteiger partial charge in [0.05, 0.1) is 12.2 Å². The van der Waals surface area contributed by atoms with Crippen LogP contribution in [0.25, 0.3) is 23.0 Å². The summed E-state index contributed by atoms with van der Waals surface area (Å²) in [4.78, 5) is 8.97. The van der Waals surface area contributed by atoms with Gasteiger partial charge in [-0.2, -0.15) is 0 Å². The van der Waals surface area contributed by atoms with Crippen LogP contribution in [0, 0.1) is 0 Å². The van der Waals surface area contributed by atoms with Gasteiger partial charge in [0, 0.05) is 24.0 Å². The van der Waals surface area contributed by atoms with Crippen LogP contribution in [0.5, 0.6) is 0 Å². The maximum absolute atomic E-state index is 5.62. The summed E-state index contributed by atoms with van der Waals surface area (Å²) < 4.78 is 13.0. The summed E-state index contributed by atoms with van der Waals surface area (Å²) in [6.45, 7) is 4.72. The van der Waals surface area contributed by atoms with Crippen molar-refractivity contribution in [1.29, 1.82) is 0 Å². The Hall–Kier alpha value is -3.15. The molecule has 3 aromatic heterocycles. The molecular formula is C19H18N4O2. The molecule has 0 aliphatic rings. The zero-order valence-corrected chi connectivity index (χ0v) is 14.1. The summed E-state index contributed by atoms with van der Waals surface area (Å²) >= 11 is 0. The first-order valence-corrected chi connectivity index (χ1v) is 8.18. The molecule has 0 fully saturated rings. The normalized spacial score (nSPS) is 11.3. The lowest BCUT2D eigenvalue weighted by atomic mass is 10.1. The first-order valence-electron chi connectivity index (χ1n) is 8.18. The molecule has 25 heavy (non-hydrogen) atoms. The van der Waals surface area contributed by atoms with Gasteiger partial charge < -0.3 is 13.5 Å². The predicted molar refractivity (Wildman–Crippen MR) is 92.9 cm³/mol. The lowest BCUT2D eigenvalue weighted by molar-refractivity contribution is 0.369. The molecule has 0 saturated heterocycles. The zero-order valence-electron chi connectivity index (χ0n) is 14.1. The van der Waals surface area contributed by atoms with Crippen LogP contribution in [0.15, 0.2) is 64.0 Å². The molecule has 0 unspecified atom stereocenters. The number of imidazole rings is 1. The highest BCUT2D eigenvalue weighted by atomic mass is 16.5. The summed E-state index contributed by atoms with van der Waals surface area (Å²) in [6, 6.07) is 11.8. The lowest BCUT2D eigenvalue weighted by Crippen LogP contribution is -2.00. The SMILES string of the molecule is CC(C)c1cc(Cn2ccnc2-c2coc(-c3ccccc3)n2)on1. The van der Waals surface area contributed by atoms with E-state index in [2.05, 4.69) is 29.0 Å². The monoisotopic (exact) mass is 334 g/mol. The Morgan fingerprint density at radius 1 is 1.16 bits per heavy atom. The van der Waals surface area contributed by atoms with Gasteiger partial charge in [0.15, 0.2) is 11.6 Å². The Kier molecular flexibility index (Phi) is 3.93. The average Bonchev–Trinajstić information content (AvgIpc) is 3.36. The number of nitrogens with zero attached hydrogens (tertiary/aromatic N) is 4. The molecule has 4 aromatic rings. The molecular weight excluding hydrogens is 316 g/mol. The maximum atomic E-state index is 5.62. The van der Waals surface area contributed by atoms with Crippen LogP contribution in [0.3, 0.4) is 0 Å². The first-order chi connectivity index (χ1) is 12.2. The van der Waals surface area contributed by atoms with E-state index in [1.807, 2.05) is 47.2 Å². The van der Waals surface area contributed by atoms with E-state index in [0.29, 0.717) is 24.0 Å². The minimum Gasteiger partial charge on any atom is -0.444 e. The van der Waals surface area contributed by atoms with Crippen LogP contribution in [-0.2, 0) is 6.54 Å². The van der Waals surface area contributed by atoms with Gasteiger partial charge in [0.1, 0.15) is 12.0 Å². The highest BCUT2D eigenvalue weighted by molar-refractivity contribution is 5.58. The second-order valence-electron chi connectivity index (χ2n) is 6.16. The second-order valence-corrected chi connectivity index (χ2v) is 6.16. The van der Waals surface area contributed by atoms with E-state index in [0.717, 1.165) is 22.8 Å². The molecule has 4 rings (SSSR count). The van der Waals surface area contributed by atoms with Crippen molar-refractivity contribution in [2.45, 2.75) is 26.3 Å². The van der Waals surface area contributed by atoms with Crippen LogP contribution in [0.1, 0.15) is 31.2 Å². The lowest BCUT2D eigenvalue weighted by Gasteiger charge is -2.02. The third-order valence-corrected chi connectivity index (χ3v) is 3.96. The van der Waals surface area contributed by atoms with Crippen LogP contribution in [0.2, 0.25) is 0 Å². The van der Waals surface area contributed by atoms with E-state index < -0.39 is 0 Å². The van der Waals surface area contributed by atoms with Gasteiger partial charge in [-0.3, -0.25) is 0 Å². The van der Waals surface area contributed by atoms with Crippen molar-refractivity contribution in [3.8, 4) is 23.0 Å². The van der Waals surface area contributed by atoms with Gasteiger partial charge in [-0.15, -0.1) is 0 Å². The quantitative estimate of drug-likeness (QED) is 0.542. The minimum atomic E-state index is 0.337. The fourth-order valence-electron chi connectivity index (χ4n) is 2.60. The molecule has 0 N–H and O–H groups in total. The van der Waals surface area contributed by atoms with Gasteiger partial charge in [0.2, 0.25) is 5.89 Å². The first kappa shape index (κ1) is 15.4. The number of aromatic nitrogens is 4. The Labute approximate surface area is 145 Å². The van der Waals surface area contributed by atoms with Gasteiger partial charge in [-0.1, -0.05) is 37.2 Å². The summed E-state index contributed by atoms with van der Waals surface area (Å²) in [6.07, 6.45) is 5.26. The van der Waals surface area contributed by atoms with Gasteiger partial charge in [-0.05, 0) is 18.1 Å². The van der Waals surface area contributed by atoms with E-state index in [9.17, 15) is 0 Å². The summed E-state index contributed by atoms with van der Waals surface area (Å²) in [5.41, 5.74) is 2.57. The molecule has 6 heteroatoms. The van der Waals surface area contributed by atoms with Crippen LogP contribution in [0.4, 0.5) is 0 Å². The van der Waals surface area contributed by atoms with Crippen LogP contribution >= 0.6 is 0 Å². The summed E-state index contributed by atoms with van der Waals surface area (Å²) in [7, 11) is 0. The number of hydrogen-bond donors (Lipinski definition) is 0. The maximum Gasteiger partial charge on any atom is 0.226 e. The smallest absolute Gasteiger partial charge is 0.226 e. The van der Waals surface area contributed by atoms with E-state index in [4.69, 9.17) is 8.94 Å².